The van der Waals surface area contributed by atoms with Crippen molar-refractivity contribution >= 4 is 60.9 Å². The Balaban J connectivity index is 0.912. The third-order valence-corrected chi connectivity index (χ3v) is 14.6. The molecule has 0 fully saturated rings. The van der Waals surface area contributed by atoms with E-state index in [1.54, 1.807) is 0 Å². The number of fused-ring (bicyclic) bond motifs is 9. The van der Waals surface area contributed by atoms with Crippen molar-refractivity contribution in [3.05, 3.63) is 283 Å². The third kappa shape index (κ3) is 6.22. The van der Waals surface area contributed by atoms with Gasteiger partial charge >= 0.3 is 0 Å². The first-order valence-electron chi connectivity index (χ1n) is 24.0. The van der Waals surface area contributed by atoms with E-state index in [4.69, 9.17) is 8.83 Å². The molecule has 0 aliphatic heterocycles. The van der Waals surface area contributed by atoms with Crippen LogP contribution in [-0.2, 0) is 5.41 Å². The predicted octanol–water partition coefficient (Wildman–Crippen LogP) is 18.3. The molecule has 14 rings (SSSR count). The summed E-state index contributed by atoms with van der Waals surface area (Å²) >= 11 is 0. The average molecular weight is 894 g/mol. The van der Waals surface area contributed by atoms with E-state index >= 15 is 0 Å². The van der Waals surface area contributed by atoms with Crippen molar-refractivity contribution in [2.24, 2.45) is 0 Å². The summed E-state index contributed by atoms with van der Waals surface area (Å²) in [6.45, 7) is 0. The van der Waals surface area contributed by atoms with Crippen LogP contribution in [0.1, 0.15) is 22.3 Å². The lowest BCUT2D eigenvalue weighted by molar-refractivity contribution is 0.668. The van der Waals surface area contributed by atoms with Gasteiger partial charge in [-0.2, -0.15) is 0 Å². The van der Waals surface area contributed by atoms with Gasteiger partial charge < -0.3 is 13.7 Å². The molecule has 0 amide bonds. The molecule has 3 nitrogen and oxygen atoms in total. The molecule has 0 atom stereocenters. The Kier molecular flexibility index (Phi) is 9.11. The Morgan fingerprint density at radius 1 is 0.286 bits per heavy atom. The number of benzene rings is 11. The quantitative estimate of drug-likeness (QED) is 0.152. The summed E-state index contributed by atoms with van der Waals surface area (Å²) in [7, 11) is 0. The molecular formula is C67H43NO2. The van der Waals surface area contributed by atoms with Gasteiger partial charge in [-0.05, 0) is 134 Å². The topological polar surface area (TPSA) is 29.5 Å². The van der Waals surface area contributed by atoms with Crippen molar-refractivity contribution in [2.75, 3.05) is 4.90 Å². The average Bonchev–Trinajstić information content (AvgIpc) is 4.10. The Labute approximate surface area is 405 Å². The van der Waals surface area contributed by atoms with Crippen LogP contribution in [0.2, 0.25) is 0 Å². The number of hydrogen-bond donors (Lipinski definition) is 0. The van der Waals surface area contributed by atoms with Gasteiger partial charge in [0.05, 0.1) is 11.1 Å². The second-order valence-electron chi connectivity index (χ2n) is 18.4. The van der Waals surface area contributed by atoms with Crippen LogP contribution in [0.4, 0.5) is 17.1 Å². The monoisotopic (exact) mass is 893 g/mol. The number of hydrogen-bond acceptors (Lipinski definition) is 3. The molecule has 0 unspecified atom stereocenters. The van der Waals surface area contributed by atoms with E-state index in [-0.39, 0.29) is 0 Å². The van der Waals surface area contributed by atoms with Crippen LogP contribution in [0.15, 0.2) is 270 Å². The van der Waals surface area contributed by atoms with Crippen LogP contribution < -0.4 is 4.90 Å². The fraction of sp³-hybridized carbons (Fsp3) is 0.0149. The van der Waals surface area contributed by atoms with Crippen LogP contribution >= 0.6 is 0 Å². The molecule has 0 spiro atoms. The summed E-state index contributed by atoms with van der Waals surface area (Å²) in [5, 5.41) is 4.52. The molecule has 1 aliphatic carbocycles. The molecule has 0 saturated carbocycles. The predicted molar refractivity (Wildman–Crippen MR) is 289 cm³/mol. The Bertz CT molecular complexity index is 4070. The van der Waals surface area contributed by atoms with Crippen LogP contribution in [0.25, 0.3) is 88.4 Å². The fourth-order valence-corrected chi connectivity index (χ4v) is 11.4. The fourth-order valence-electron chi connectivity index (χ4n) is 11.4. The zero-order chi connectivity index (χ0) is 46.2. The molecule has 2 heterocycles. The first-order valence-corrected chi connectivity index (χ1v) is 24.0. The van der Waals surface area contributed by atoms with Crippen molar-refractivity contribution < 1.29 is 8.83 Å². The Morgan fingerprint density at radius 2 is 0.757 bits per heavy atom. The van der Waals surface area contributed by atoms with Gasteiger partial charge in [0.25, 0.3) is 0 Å². The third-order valence-electron chi connectivity index (χ3n) is 14.6. The standard InChI is InChI=1S/C67H43NO2/c1-3-17-50(18-4-1)67(51-19-5-2-6-20-51)59-24-10-7-23-57(59)66-60(67)25-14-26-61(66)68(53-37-31-45(32-38-53)49-33-39-56-54-21-8-11-27-62(54)70-65(56)43-49)52-35-29-44(30-36-52)46-15-13-16-47(41-46)48-34-40-64-58(42-48)55-22-9-12-28-63(55)69-64/h1-43H. The van der Waals surface area contributed by atoms with Gasteiger partial charge in [-0.3, -0.25) is 0 Å². The number of furan rings is 2. The maximum atomic E-state index is 6.33. The molecule has 1 aliphatic rings. The number of nitrogens with zero attached hydrogens (tertiary/aromatic N) is 1. The maximum absolute atomic E-state index is 6.33. The van der Waals surface area contributed by atoms with Gasteiger partial charge in [-0.25, -0.2) is 0 Å². The van der Waals surface area contributed by atoms with Crippen molar-refractivity contribution in [1.82, 2.24) is 0 Å². The summed E-state index contributed by atoms with van der Waals surface area (Å²) in [5.41, 5.74) is 20.7. The Morgan fingerprint density at radius 3 is 1.44 bits per heavy atom. The van der Waals surface area contributed by atoms with Crippen molar-refractivity contribution in [2.45, 2.75) is 5.41 Å². The van der Waals surface area contributed by atoms with E-state index in [1.807, 2.05) is 24.3 Å². The first-order chi connectivity index (χ1) is 34.7. The number of rotatable bonds is 8. The Hall–Kier alpha value is -9.18. The summed E-state index contributed by atoms with van der Waals surface area (Å²) in [6, 6.07) is 94.5. The lowest BCUT2D eigenvalue weighted by atomic mass is 9.68. The highest BCUT2D eigenvalue weighted by atomic mass is 16.3. The van der Waals surface area contributed by atoms with Crippen LogP contribution in [0.5, 0.6) is 0 Å². The normalized spacial score (nSPS) is 12.7. The van der Waals surface area contributed by atoms with Crippen LogP contribution in [-0.4, -0.2) is 0 Å². The summed E-state index contributed by atoms with van der Waals surface area (Å²) < 4.78 is 12.5. The minimum atomic E-state index is -0.528. The first kappa shape index (κ1) is 39.9. The van der Waals surface area contributed by atoms with Gasteiger partial charge in [0.2, 0.25) is 0 Å². The lowest BCUT2D eigenvalue weighted by Crippen LogP contribution is -2.28. The highest BCUT2D eigenvalue weighted by Crippen LogP contribution is 2.59. The summed E-state index contributed by atoms with van der Waals surface area (Å²) in [4.78, 5) is 2.44. The van der Waals surface area contributed by atoms with Crippen LogP contribution in [0.3, 0.4) is 0 Å². The molecule has 13 aromatic rings. The molecule has 0 N–H and O–H groups in total. The summed E-state index contributed by atoms with van der Waals surface area (Å²) in [6.07, 6.45) is 0. The van der Waals surface area contributed by atoms with Gasteiger partial charge in [0, 0.05) is 38.5 Å². The summed E-state index contributed by atoms with van der Waals surface area (Å²) in [5.74, 6) is 0. The largest absolute Gasteiger partial charge is 0.456 e. The molecule has 3 heteroatoms. The number of para-hydroxylation sites is 2. The highest BCUT2D eigenvalue weighted by Gasteiger charge is 2.47. The van der Waals surface area contributed by atoms with E-state index in [2.05, 4.69) is 241 Å². The van der Waals surface area contributed by atoms with Crippen molar-refractivity contribution in [3.63, 3.8) is 0 Å². The second kappa shape index (κ2) is 16.0. The molecule has 70 heavy (non-hydrogen) atoms. The van der Waals surface area contributed by atoms with Crippen LogP contribution in [0, 0.1) is 0 Å². The van der Waals surface area contributed by atoms with Gasteiger partial charge in [-0.15, -0.1) is 0 Å². The lowest BCUT2D eigenvalue weighted by Gasteiger charge is -2.34. The SMILES string of the molecule is c1ccc(C2(c3ccccc3)c3ccccc3-c3c(N(c4ccc(-c5cccc(-c6ccc7oc8ccccc8c7c6)c5)cc4)c4ccc(-c5ccc6c(c5)oc5ccccc56)cc4)cccc32)cc1. The molecule has 0 saturated heterocycles. The molecular weight excluding hydrogens is 851 g/mol. The second-order valence-corrected chi connectivity index (χ2v) is 18.4. The zero-order valence-electron chi connectivity index (χ0n) is 38.1. The molecule has 0 bridgehead atoms. The van der Waals surface area contributed by atoms with E-state index in [1.165, 1.54) is 33.4 Å². The van der Waals surface area contributed by atoms with Crippen molar-refractivity contribution in [1.29, 1.82) is 0 Å². The smallest absolute Gasteiger partial charge is 0.136 e. The highest BCUT2D eigenvalue weighted by molar-refractivity contribution is 6.07. The molecule has 11 aromatic carbocycles. The van der Waals surface area contributed by atoms with E-state index in [0.29, 0.717) is 0 Å². The van der Waals surface area contributed by atoms with E-state index in [9.17, 15) is 0 Å². The zero-order valence-corrected chi connectivity index (χ0v) is 38.1. The molecule has 0 radical (unpaired) electrons. The molecule has 2 aromatic heterocycles. The van der Waals surface area contributed by atoms with Gasteiger partial charge in [0.1, 0.15) is 22.3 Å². The molecule has 328 valence electrons. The maximum Gasteiger partial charge on any atom is 0.136 e. The van der Waals surface area contributed by atoms with Crippen molar-refractivity contribution in [3.8, 4) is 44.5 Å². The van der Waals surface area contributed by atoms with Gasteiger partial charge in [0.15, 0.2) is 0 Å². The minimum Gasteiger partial charge on any atom is -0.456 e. The minimum absolute atomic E-state index is 0.528. The number of anilines is 3. The van der Waals surface area contributed by atoms with E-state index in [0.717, 1.165) is 94.3 Å². The van der Waals surface area contributed by atoms with E-state index < -0.39 is 5.41 Å². The van der Waals surface area contributed by atoms with Gasteiger partial charge in [-0.1, -0.05) is 188 Å².